The van der Waals surface area contributed by atoms with Gasteiger partial charge in [0.25, 0.3) is 5.56 Å². The lowest BCUT2D eigenvalue weighted by molar-refractivity contribution is -0.120. The van der Waals surface area contributed by atoms with Gasteiger partial charge in [-0.05, 0) is 41.8 Å². The van der Waals surface area contributed by atoms with E-state index in [-0.39, 0.29) is 17.4 Å². The zero-order valence-electron chi connectivity index (χ0n) is 16.7. The maximum Gasteiger partial charge on any atom is 0.274 e. The van der Waals surface area contributed by atoms with Gasteiger partial charge in [0.2, 0.25) is 5.91 Å². The highest BCUT2D eigenvalue weighted by Gasteiger charge is 2.67. The SMILES string of the molecule is CN1C(=O)C2(CC2c2cn(C)c(=O)c3[nH]c(-c4ccccn4)cc23)c2ccccc21. The minimum absolute atomic E-state index is 0.0396. The summed E-state index contributed by atoms with van der Waals surface area (Å²) in [5.41, 5.74) is 4.64. The van der Waals surface area contributed by atoms with Gasteiger partial charge >= 0.3 is 0 Å². The van der Waals surface area contributed by atoms with Crippen molar-refractivity contribution in [3.05, 3.63) is 82.4 Å². The first-order chi connectivity index (χ1) is 14.5. The van der Waals surface area contributed by atoms with Crippen molar-refractivity contribution in [2.24, 2.45) is 7.05 Å². The first-order valence-electron chi connectivity index (χ1n) is 10.0. The molecule has 1 N–H and O–H groups in total. The molecule has 0 radical (unpaired) electrons. The highest BCUT2D eigenvalue weighted by Crippen LogP contribution is 2.66. The molecule has 1 spiro atoms. The highest BCUT2D eigenvalue weighted by atomic mass is 16.2. The normalized spacial score (nSPS) is 22.1. The summed E-state index contributed by atoms with van der Waals surface area (Å²) in [5.74, 6) is 0.175. The number of hydrogen-bond acceptors (Lipinski definition) is 3. The Morgan fingerprint density at radius 2 is 1.90 bits per heavy atom. The molecule has 6 rings (SSSR count). The van der Waals surface area contributed by atoms with Gasteiger partial charge in [-0.2, -0.15) is 0 Å². The number of nitrogens with zero attached hydrogens (tertiary/aromatic N) is 3. The first-order valence-corrected chi connectivity index (χ1v) is 10.0. The van der Waals surface area contributed by atoms with E-state index < -0.39 is 5.41 Å². The number of likely N-dealkylation sites (N-methyl/N-ethyl adjacent to an activating group) is 1. The molecule has 4 aromatic rings. The quantitative estimate of drug-likeness (QED) is 0.565. The molecule has 0 bridgehead atoms. The molecular formula is C24H20N4O2. The Kier molecular flexibility index (Phi) is 3.26. The van der Waals surface area contributed by atoms with E-state index in [2.05, 4.69) is 16.0 Å². The number of para-hydroxylation sites is 1. The third-order valence-corrected chi connectivity index (χ3v) is 6.71. The molecule has 1 aromatic carbocycles. The van der Waals surface area contributed by atoms with Gasteiger partial charge in [-0.15, -0.1) is 0 Å². The molecule has 2 atom stereocenters. The molecule has 1 saturated carbocycles. The fourth-order valence-corrected chi connectivity index (χ4v) is 5.14. The number of anilines is 1. The number of carbonyl (C=O) groups excluding carboxylic acids is 1. The molecule has 148 valence electrons. The predicted molar refractivity (Wildman–Crippen MR) is 116 cm³/mol. The minimum atomic E-state index is -0.530. The fourth-order valence-electron chi connectivity index (χ4n) is 5.14. The van der Waals surface area contributed by atoms with Crippen molar-refractivity contribution in [2.75, 3.05) is 11.9 Å². The smallest absolute Gasteiger partial charge is 0.274 e. The van der Waals surface area contributed by atoms with E-state index >= 15 is 0 Å². The molecule has 6 nitrogen and oxygen atoms in total. The number of H-pyrrole nitrogens is 1. The number of rotatable bonds is 2. The second-order valence-electron chi connectivity index (χ2n) is 8.30. The summed E-state index contributed by atoms with van der Waals surface area (Å²) in [6, 6.07) is 15.7. The van der Waals surface area contributed by atoms with Crippen molar-refractivity contribution in [3.63, 3.8) is 0 Å². The lowest BCUT2D eigenvalue weighted by Crippen LogP contribution is -2.29. The van der Waals surface area contributed by atoms with Crippen LogP contribution in [0.2, 0.25) is 0 Å². The van der Waals surface area contributed by atoms with Crippen LogP contribution in [0.5, 0.6) is 0 Å². The highest BCUT2D eigenvalue weighted by molar-refractivity contribution is 6.11. The topological polar surface area (TPSA) is 71.0 Å². The second-order valence-corrected chi connectivity index (χ2v) is 8.30. The number of carbonyl (C=O) groups is 1. The first kappa shape index (κ1) is 17.2. The van der Waals surface area contributed by atoms with Crippen LogP contribution in [0.3, 0.4) is 0 Å². The van der Waals surface area contributed by atoms with E-state index in [0.717, 1.165) is 40.0 Å². The summed E-state index contributed by atoms with van der Waals surface area (Å²) >= 11 is 0. The average molecular weight is 396 g/mol. The van der Waals surface area contributed by atoms with Crippen LogP contribution in [-0.2, 0) is 17.3 Å². The van der Waals surface area contributed by atoms with E-state index in [1.165, 1.54) is 0 Å². The number of pyridine rings is 2. The van der Waals surface area contributed by atoms with Crippen LogP contribution >= 0.6 is 0 Å². The molecular weight excluding hydrogens is 376 g/mol. The molecule has 1 aliphatic heterocycles. The van der Waals surface area contributed by atoms with E-state index in [0.29, 0.717) is 5.52 Å². The lowest BCUT2D eigenvalue weighted by Gasteiger charge is -2.12. The molecule has 30 heavy (non-hydrogen) atoms. The molecule has 3 aromatic heterocycles. The molecule has 1 aliphatic carbocycles. The predicted octanol–water partition coefficient (Wildman–Crippen LogP) is 3.33. The molecule has 1 fully saturated rings. The standard InChI is InChI=1S/C24H20N4O2/c1-27-13-15(14-11-19(26-21(14)22(27)29)18-8-5-6-10-25-18)17-12-24(17)16-7-3-4-9-20(16)28(2)23(24)30/h3-11,13,17,26H,12H2,1-2H3. The van der Waals surface area contributed by atoms with Crippen LogP contribution in [0.15, 0.2) is 65.7 Å². The number of fused-ring (bicyclic) bond motifs is 3. The number of aromatic amines is 1. The van der Waals surface area contributed by atoms with Crippen LogP contribution in [0.1, 0.15) is 23.5 Å². The third kappa shape index (κ3) is 2.05. The molecule has 2 aliphatic rings. The van der Waals surface area contributed by atoms with Crippen molar-refractivity contribution in [1.82, 2.24) is 14.5 Å². The minimum Gasteiger partial charge on any atom is -0.349 e. The van der Waals surface area contributed by atoms with Gasteiger partial charge in [0.15, 0.2) is 0 Å². The number of aromatic nitrogens is 3. The van der Waals surface area contributed by atoms with Crippen LogP contribution in [-0.4, -0.2) is 27.5 Å². The Labute approximate surface area is 172 Å². The van der Waals surface area contributed by atoms with Crippen molar-refractivity contribution in [1.29, 1.82) is 0 Å². The van der Waals surface area contributed by atoms with E-state index in [1.807, 2.05) is 55.7 Å². The Morgan fingerprint density at radius 1 is 1.10 bits per heavy atom. The van der Waals surface area contributed by atoms with Crippen molar-refractivity contribution in [3.8, 4) is 11.4 Å². The van der Waals surface area contributed by atoms with Gasteiger partial charge in [0, 0.05) is 43.5 Å². The Hall–Kier alpha value is -3.67. The largest absolute Gasteiger partial charge is 0.349 e. The van der Waals surface area contributed by atoms with Gasteiger partial charge in [-0.25, -0.2) is 0 Å². The van der Waals surface area contributed by atoms with Gasteiger partial charge in [0.1, 0.15) is 5.52 Å². The van der Waals surface area contributed by atoms with Crippen LogP contribution in [0.4, 0.5) is 5.69 Å². The average Bonchev–Trinajstić information content (AvgIpc) is 3.30. The van der Waals surface area contributed by atoms with Crippen molar-refractivity contribution < 1.29 is 4.79 Å². The Bertz CT molecular complexity index is 1400. The van der Waals surface area contributed by atoms with Gasteiger partial charge < -0.3 is 14.5 Å². The fraction of sp³-hybridized carbons (Fsp3) is 0.208. The number of benzene rings is 1. The monoisotopic (exact) mass is 396 g/mol. The summed E-state index contributed by atoms with van der Waals surface area (Å²) in [4.78, 5) is 35.6. The van der Waals surface area contributed by atoms with Crippen molar-refractivity contribution >= 4 is 22.5 Å². The number of aryl methyl sites for hydroxylation is 1. The zero-order chi connectivity index (χ0) is 20.6. The third-order valence-electron chi connectivity index (χ3n) is 6.71. The summed E-state index contributed by atoms with van der Waals surface area (Å²) in [7, 11) is 3.61. The summed E-state index contributed by atoms with van der Waals surface area (Å²) in [6.45, 7) is 0. The lowest BCUT2D eigenvalue weighted by atomic mass is 9.91. The number of hydrogen-bond donors (Lipinski definition) is 1. The molecule has 6 heteroatoms. The van der Waals surface area contributed by atoms with Crippen LogP contribution < -0.4 is 10.5 Å². The van der Waals surface area contributed by atoms with Gasteiger partial charge in [-0.1, -0.05) is 24.3 Å². The Morgan fingerprint density at radius 3 is 2.70 bits per heavy atom. The maximum absolute atomic E-state index is 13.3. The molecule has 2 unspecified atom stereocenters. The van der Waals surface area contributed by atoms with Crippen molar-refractivity contribution in [2.45, 2.75) is 17.8 Å². The number of amides is 1. The van der Waals surface area contributed by atoms with Gasteiger partial charge in [-0.3, -0.25) is 14.6 Å². The Balaban J connectivity index is 1.55. The summed E-state index contributed by atoms with van der Waals surface area (Å²) < 4.78 is 1.61. The van der Waals surface area contributed by atoms with Gasteiger partial charge in [0.05, 0.1) is 16.8 Å². The van der Waals surface area contributed by atoms with Crippen LogP contribution in [0.25, 0.3) is 22.3 Å². The van der Waals surface area contributed by atoms with E-state index in [9.17, 15) is 9.59 Å². The zero-order valence-corrected chi connectivity index (χ0v) is 16.7. The maximum atomic E-state index is 13.3. The molecule has 0 saturated heterocycles. The van der Waals surface area contributed by atoms with E-state index in [4.69, 9.17) is 0 Å². The van der Waals surface area contributed by atoms with Crippen LogP contribution in [0, 0.1) is 0 Å². The molecule has 4 heterocycles. The number of nitrogens with one attached hydrogen (secondary N) is 1. The van der Waals surface area contributed by atoms with E-state index in [1.54, 1.807) is 22.7 Å². The second kappa shape index (κ2) is 5.69. The summed E-state index contributed by atoms with van der Waals surface area (Å²) in [6.07, 6.45) is 4.39. The molecule has 1 amide bonds. The summed E-state index contributed by atoms with van der Waals surface area (Å²) in [5, 5.41) is 0.875.